The van der Waals surface area contributed by atoms with Crippen LogP contribution in [-0.2, 0) is 17.1 Å². The smallest absolute Gasteiger partial charge is 0.270 e. The second-order valence-corrected chi connectivity index (χ2v) is 11.0. The molecule has 2 aliphatic rings. The number of nitrogens with zero attached hydrogens (tertiary/aromatic N) is 4. The molecule has 2 fully saturated rings. The highest BCUT2D eigenvalue weighted by Crippen LogP contribution is 2.28. The van der Waals surface area contributed by atoms with E-state index in [2.05, 4.69) is 11.8 Å². The van der Waals surface area contributed by atoms with Crippen LogP contribution in [-0.4, -0.2) is 74.5 Å². The van der Waals surface area contributed by atoms with Crippen molar-refractivity contribution in [2.45, 2.75) is 31.6 Å². The topological polar surface area (TPSA) is 75.1 Å². The maximum Gasteiger partial charge on any atom is 0.270 e. The van der Waals surface area contributed by atoms with Crippen molar-refractivity contribution < 1.29 is 17.9 Å². The number of methoxy groups -OCH3 is 1. The van der Waals surface area contributed by atoms with E-state index in [0.29, 0.717) is 43.5 Å². The Morgan fingerprint density at radius 2 is 1.61 bits per heavy atom. The van der Waals surface area contributed by atoms with Gasteiger partial charge in [-0.2, -0.15) is 4.31 Å². The predicted molar refractivity (Wildman–Crippen MR) is 128 cm³/mol. The van der Waals surface area contributed by atoms with Crippen LogP contribution in [0.5, 0.6) is 5.75 Å². The SMILES string of the molecule is COc1ccc(N2CCN(C(=O)c3cc(S(=O)(=O)N4CCC(C)CC4)c(C)n3C)CC2)cc1. The Bertz CT molecular complexity index is 1090. The number of carbonyl (C=O) groups is 1. The largest absolute Gasteiger partial charge is 0.497 e. The van der Waals surface area contributed by atoms with Gasteiger partial charge in [0.1, 0.15) is 16.3 Å². The fourth-order valence-corrected chi connectivity index (χ4v) is 6.37. The molecule has 0 bridgehead atoms. The lowest BCUT2D eigenvalue weighted by atomic mass is 10.0. The van der Waals surface area contributed by atoms with E-state index < -0.39 is 10.0 Å². The zero-order valence-corrected chi connectivity index (χ0v) is 20.8. The van der Waals surface area contributed by atoms with E-state index in [0.717, 1.165) is 37.4 Å². The van der Waals surface area contributed by atoms with Crippen LogP contribution in [0.4, 0.5) is 5.69 Å². The standard InChI is InChI=1S/C24H34N4O4S/c1-18-9-11-28(12-10-18)33(30,31)23-17-22(25(3)19(23)2)24(29)27-15-13-26(14-16-27)20-5-7-21(32-4)8-6-20/h5-8,17-18H,9-16H2,1-4H3. The summed E-state index contributed by atoms with van der Waals surface area (Å²) in [6.45, 7) is 7.61. The Morgan fingerprint density at radius 3 is 2.18 bits per heavy atom. The summed E-state index contributed by atoms with van der Waals surface area (Å²) in [6, 6.07) is 9.49. The molecule has 0 saturated carbocycles. The van der Waals surface area contributed by atoms with Gasteiger partial charge in [0.05, 0.1) is 7.11 Å². The number of anilines is 1. The van der Waals surface area contributed by atoms with Crippen molar-refractivity contribution in [3.63, 3.8) is 0 Å². The summed E-state index contributed by atoms with van der Waals surface area (Å²) in [5, 5.41) is 0. The van der Waals surface area contributed by atoms with Gasteiger partial charge in [-0.15, -0.1) is 0 Å². The summed E-state index contributed by atoms with van der Waals surface area (Å²) >= 11 is 0. The van der Waals surface area contributed by atoms with Crippen LogP contribution >= 0.6 is 0 Å². The maximum atomic E-state index is 13.3. The first kappa shape index (κ1) is 23.6. The molecular formula is C24H34N4O4S. The van der Waals surface area contributed by atoms with E-state index >= 15 is 0 Å². The molecule has 2 saturated heterocycles. The number of sulfonamides is 1. The summed E-state index contributed by atoms with van der Waals surface area (Å²) in [7, 11) is -0.191. The fourth-order valence-electron chi connectivity index (χ4n) is 4.62. The number of carbonyl (C=O) groups excluding carboxylic acids is 1. The average molecular weight is 475 g/mol. The Morgan fingerprint density at radius 1 is 1.00 bits per heavy atom. The third-order valence-corrected chi connectivity index (χ3v) is 9.09. The van der Waals surface area contributed by atoms with Crippen LogP contribution < -0.4 is 9.64 Å². The van der Waals surface area contributed by atoms with Gasteiger partial charge < -0.3 is 19.1 Å². The molecule has 4 rings (SSSR count). The van der Waals surface area contributed by atoms with E-state index in [1.165, 1.54) is 0 Å². The molecule has 3 heterocycles. The number of hydrogen-bond acceptors (Lipinski definition) is 5. The molecule has 1 aromatic heterocycles. The van der Waals surface area contributed by atoms with Crippen molar-refractivity contribution in [1.29, 1.82) is 0 Å². The van der Waals surface area contributed by atoms with Crippen molar-refractivity contribution >= 4 is 21.6 Å². The Hall–Kier alpha value is -2.52. The number of piperazine rings is 1. The van der Waals surface area contributed by atoms with Gasteiger partial charge in [0, 0.05) is 57.7 Å². The maximum absolute atomic E-state index is 13.3. The molecule has 0 aliphatic carbocycles. The number of ether oxygens (including phenoxy) is 1. The highest BCUT2D eigenvalue weighted by molar-refractivity contribution is 7.89. The molecule has 1 amide bonds. The minimum absolute atomic E-state index is 0.122. The normalized spacial score (nSPS) is 18.5. The molecular weight excluding hydrogens is 440 g/mol. The highest BCUT2D eigenvalue weighted by atomic mass is 32.2. The first-order valence-corrected chi connectivity index (χ1v) is 13.0. The molecule has 0 unspecified atom stereocenters. The van der Waals surface area contributed by atoms with E-state index in [1.54, 1.807) is 36.0 Å². The van der Waals surface area contributed by atoms with Gasteiger partial charge in [-0.05, 0) is 56.0 Å². The molecule has 180 valence electrons. The van der Waals surface area contributed by atoms with Crippen molar-refractivity contribution in [1.82, 2.24) is 13.8 Å². The highest BCUT2D eigenvalue weighted by Gasteiger charge is 2.33. The Kier molecular flexibility index (Phi) is 6.72. The third-order valence-electron chi connectivity index (χ3n) is 7.07. The van der Waals surface area contributed by atoms with Crippen LogP contribution in [0.2, 0.25) is 0 Å². The van der Waals surface area contributed by atoms with Crippen molar-refractivity contribution in [3.8, 4) is 5.75 Å². The molecule has 2 aliphatic heterocycles. The predicted octanol–water partition coefficient (Wildman–Crippen LogP) is 2.73. The Labute approximate surface area is 196 Å². The molecule has 0 atom stereocenters. The zero-order valence-electron chi connectivity index (χ0n) is 20.0. The van der Waals surface area contributed by atoms with Crippen LogP contribution in [0.3, 0.4) is 0 Å². The van der Waals surface area contributed by atoms with Crippen molar-refractivity contribution in [3.05, 3.63) is 41.7 Å². The number of rotatable bonds is 5. The molecule has 33 heavy (non-hydrogen) atoms. The van der Waals surface area contributed by atoms with Crippen LogP contribution in [0.15, 0.2) is 35.2 Å². The monoisotopic (exact) mass is 474 g/mol. The summed E-state index contributed by atoms with van der Waals surface area (Å²) < 4.78 is 35.1. The molecule has 0 spiro atoms. The van der Waals surface area contributed by atoms with Gasteiger partial charge in [0.15, 0.2) is 0 Å². The minimum Gasteiger partial charge on any atom is -0.497 e. The van der Waals surface area contributed by atoms with E-state index in [4.69, 9.17) is 4.74 Å². The number of benzene rings is 1. The van der Waals surface area contributed by atoms with Crippen molar-refractivity contribution in [2.75, 3.05) is 51.3 Å². The molecule has 0 N–H and O–H groups in total. The van der Waals surface area contributed by atoms with Gasteiger partial charge >= 0.3 is 0 Å². The molecule has 9 heteroatoms. The molecule has 8 nitrogen and oxygen atoms in total. The number of amides is 1. The first-order chi connectivity index (χ1) is 15.7. The lowest BCUT2D eigenvalue weighted by Gasteiger charge is -2.36. The lowest BCUT2D eigenvalue weighted by Crippen LogP contribution is -2.49. The summed E-state index contributed by atoms with van der Waals surface area (Å²) in [4.78, 5) is 17.6. The van der Waals surface area contributed by atoms with Gasteiger partial charge in [-0.1, -0.05) is 6.92 Å². The second-order valence-electron chi connectivity index (χ2n) is 9.10. The number of hydrogen-bond donors (Lipinski definition) is 0. The van der Waals surface area contributed by atoms with Crippen LogP contribution in [0, 0.1) is 12.8 Å². The van der Waals surface area contributed by atoms with Crippen molar-refractivity contribution in [2.24, 2.45) is 13.0 Å². The van der Waals surface area contributed by atoms with E-state index in [-0.39, 0.29) is 10.8 Å². The average Bonchev–Trinajstić information content (AvgIpc) is 3.14. The number of piperidine rings is 1. The summed E-state index contributed by atoms with van der Waals surface area (Å²) in [5.41, 5.74) is 2.13. The fraction of sp³-hybridized carbons (Fsp3) is 0.542. The van der Waals surface area contributed by atoms with Crippen LogP contribution in [0.25, 0.3) is 0 Å². The van der Waals surface area contributed by atoms with E-state index in [9.17, 15) is 13.2 Å². The molecule has 2 aromatic rings. The third kappa shape index (κ3) is 4.61. The Balaban J connectivity index is 1.47. The van der Waals surface area contributed by atoms with Gasteiger partial charge in [-0.3, -0.25) is 4.79 Å². The van der Waals surface area contributed by atoms with Crippen LogP contribution in [0.1, 0.15) is 35.9 Å². The molecule has 1 aromatic carbocycles. The zero-order chi connectivity index (χ0) is 23.8. The van der Waals surface area contributed by atoms with Gasteiger partial charge in [0.2, 0.25) is 10.0 Å². The quantitative estimate of drug-likeness (QED) is 0.666. The second kappa shape index (κ2) is 9.38. The number of aromatic nitrogens is 1. The minimum atomic E-state index is -3.61. The van der Waals surface area contributed by atoms with Gasteiger partial charge in [0.25, 0.3) is 5.91 Å². The molecule has 0 radical (unpaired) electrons. The summed E-state index contributed by atoms with van der Waals surface area (Å²) in [5.74, 6) is 1.24. The van der Waals surface area contributed by atoms with E-state index in [1.807, 2.05) is 29.2 Å². The first-order valence-electron chi connectivity index (χ1n) is 11.6. The lowest BCUT2D eigenvalue weighted by molar-refractivity contribution is 0.0737. The van der Waals surface area contributed by atoms with Gasteiger partial charge in [-0.25, -0.2) is 8.42 Å². The summed E-state index contributed by atoms with van der Waals surface area (Å²) in [6.07, 6.45) is 1.74.